The smallest absolute Gasteiger partial charge is 0.150 e. The minimum atomic E-state index is -0.709. The molecule has 10 heteroatoms. The van der Waals surface area contributed by atoms with Crippen molar-refractivity contribution in [3.63, 3.8) is 0 Å². The van der Waals surface area contributed by atoms with E-state index in [4.69, 9.17) is 0 Å². The van der Waals surface area contributed by atoms with Crippen LogP contribution in [0.3, 0.4) is 0 Å². The zero-order valence-electron chi connectivity index (χ0n) is 12.4. The van der Waals surface area contributed by atoms with Gasteiger partial charge in [-0.05, 0) is 44.0 Å². The van der Waals surface area contributed by atoms with Crippen molar-refractivity contribution in [3.8, 4) is 0 Å². The van der Waals surface area contributed by atoms with Crippen LogP contribution in [0.1, 0.15) is 0 Å². The van der Waals surface area contributed by atoms with Gasteiger partial charge in [-0.3, -0.25) is 0 Å². The van der Waals surface area contributed by atoms with E-state index in [1.807, 2.05) is 0 Å². The number of aromatic amines is 2. The van der Waals surface area contributed by atoms with Crippen molar-refractivity contribution in [1.82, 2.24) is 9.97 Å². The number of H-pyrrole nitrogens is 2. The van der Waals surface area contributed by atoms with Crippen LogP contribution in [0.4, 0.5) is 17.6 Å². The molecule has 4 rings (SSSR count). The second-order valence-corrected chi connectivity index (χ2v) is 9.09. The number of benzene rings is 2. The van der Waals surface area contributed by atoms with Crippen LogP contribution in [0.2, 0.25) is 0 Å². The first-order chi connectivity index (χ1) is 12.4. The van der Waals surface area contributed by atoms with Gasteiger partial charge < -0.3 is 9.97 Å². The Bertz CT molecular complexity index is 1080. The molecule has 0 aliphatic carbocycles. The van der Waals surface area contributed by atoms with Crippen LogP contribution < -0.4 is 0 Å². The van der Waals surface area contributed by atoms with Gasteiger partial charge in [-0.15, -0.1) is 0 Å². The Morgan fingerprint density at radius 2 is 1.08 bits per heavy atom. The molecule has 0 aliphatic rings. The lowest BCUT2D eigenvalue weighted by Crippen LogP contribution is -1.86. The summed E-state index contributed by atoms with van der Waals surface area (Å²) >= 11 is 5.78. The predicted octanol–water partition coefficient (Wildman–Crippen LogP) is 7.53. The number of hydrogen-bond acceptors (Lipinski definition) is 2. The lowest BCUT2D eigenvalue weighted by atomic mass is 10.2. The van der Waals surface area contributed by atoms with Crippen molar-refractivity contribution in [2.75, 3.05) is 0 Å². The highest BCUT2D eigenvalue weighted by atomic mass is 79.9. The van der Waals surface area contributed by atoms with Crippen molar-refractivity contribution < 1.29 is 17.6 Å². The highest BCUT2D eigenvalue weighted by Crippen LogP contribution is 2.46. The second kappa shape index (κ2) is 6.81. The maximum absolute atomic E-state index is 14.4. The van der Waals surface area contributed by atoms with Crippen LogP contribution in [0.5, 0.6) is 0 Å². The van der Waals surface area contributed by atoms with Crippen LogP contribution >= 0.6 is 53.4 Å². The Hall–Kier alpha value is -1.10. The molecular formula is C16H6Br2F4N2S2. The van der Waals surface area contributed by atoms with Crippen molar-refractivity contribution in [2.45, 2.75) is 9.79 Å². The van der Waals surface area contributed by atoms with E-state index in [1.54, 1.807) is 12.4 Å². The molecule has 0 amide bonds. The summed E-state index contributed by atoms with van der Waals surface area (Å²) in [7, 11) is 2.37. The van der Waals surface area contributed by atoms with E-state index in [-0.39, 0.29) is 19.7 Å². The average molecular weight is 526 g/mol. The van der Waals surface area contributed by atoms with Gasteiger partial charge in [-0.1, -0.05) is 21.6 Å². The van der Waals surface area contributed by atoms with Crippen LogP contribution in [-0.4, -0.2) is 9.97 Å². The van der Waals surface area contributed by atoms with E-state index in [2.05, 4.69) is 41.8 Å². The molecule has 2 aromatic heterocycles. The molecule has 2 N–H and O–H groups in total. The van der Waals surface area contributed by atoms with Gasteiger partial charge in [0.1, 0.15) is 11.6 Å². The lowest BCUT2D eigenvalue weighted by molar-refractivity contribution is 0.579. The molecular weight excluding hydrogens is 520 g/mol. The number of nitrogens with one attached hydrogen (secondary N) is 2. The van der Waals surface area contributed by atoms with Crippen LogP contribution in [0.25, 0.3) is 21.8 Å². The number of halogens is 6. The van der Waals surface area contributed by atoms with Crippen molar-refractivity contribution in [3.05, 3.63) is 56.7 Å². The van der Waals surface area contributed by atoms with Gasteiger partial charge >= 0.3 is 0 Å². The monoisotopic (exact) mass is 524 g/mol. The van der Waals surface area contributed by atoms with Gasteiger partial charge in [-0.2, -0.15) is 0 Å². The van der Waals surface area contributed by atoms with Crippen LogP contribution in [-0.2, 0) is 0 Å². The highest BCUT2D eigenvalue weighted by Gasteiger charge is 2.19. The molecule has 2 heterocycles. The Morgan fingerprint density at radius 1 is 0.692 bits per heavy atom. The lowest BCUT2D eigenvalue weighted by Gasteiger charge is -2.04. The van der Waals surface area contributed by atoms with E-state index >= 15 is 0 Å². The fourth-order valence-electron chi connectivity index (χ4n) is 2.55. The normalized spacial score (nSPS) is 11.8. The van der Waals surface area contributed by atoms with E-state index in [0.29, 0.717) is 20.8 Å². The molecule has 2 aromatic carbocycles. The molecule has 0 unspecified atom stereocenters. The number of aromatic nitrogens is 2. The fourth-order valence-corrected chi connectivity index (χ4v) is 5.46. The standard InChI is InChI=1S/C16H6Br2F4N2S2/c17-13-5(19)1-7-11(15(13)21)9(3-23-7)25-26-10-4-24-8-2-6(20)14(18)16(22)12(8)10/h1-4,23-24H. The van der Waals surface area contributed by atoms with Gasteiger partial charge in [0, 0.05) is 22.2 Å². The quantitative estimate of drug-likeness (QED) is 0.164. The summed E-state index contributed by atoms with van der Waals surface area (Å²) in [5.41, 5.74) is 0.641. The average Bonchev–Trinajstić information content (AvgIpc) is 3.20. The number of rotatable bonds is 3. The van der Waals surface area contributed by atoms with Crippen LogP contribution in [0.15, 0.2) is 43.3 Å². The van der Waals surface area contributed by atoms with Crippen molar-refractivity contribution in [2.24, 2.45) is 0 Å². The first-order valence-corrected chi connectivity index (χ1v) is 10.8. The summed E-state index contributed by atoms with van der Waals surface area (Å²) in [5, 5.41) is 0.478. The van der Waals surface area contributed by atoms with Gasteiger partial charge in [-0.25, -0.2) is 17.6 Å². The van der Waals surface area contributed by atoms with E-state index in [0.717, 1.165) is 0 Å². The molecule has 0 bridgehead atoms. The molecule has 0 saturated carbocycles. The summed E-state index contributed by atoms with van der Waals surface area (Å²) < 4.78 is 55.5. The Kier molecular flexibility index (Phi) is 4.79. The van der Waals surface area contributed by atoms with Crippen molar-refractivity contribution >= 4 is 75.3 Å². The largest absolute Gasteiger partial charge is 0.360 e. The Balaban J connectivity index is 1.73. The summed E-state index contributed by atoms with van der Waals surface area (Å²) in [4.78, 5) is 6.69. The molecule has 0 saturated heterocycles. The maximum atomic E-state index is 14.4. The number of fused-ring (bicyclic) bond motifs is 2. The Morgan fingerprint density at radius 3 is 1.46 bits per heavy atom. The third-order valence-corrected chi connectivity index (χ3v) is 7.62. The summed E-state index contributed by atoms with van der Waals surface area (Å²) in [6.45, 7) is 0. The minimum Gasteiger partial charge on any atom is -0.360 e. The summed E-state index contributed by atoms with van der Waals surface area (Å²) in [6.07, 6.45) is 3.11. The molecule has 26 heavy (non-hydrogen) atoms. The minimum absolute atomic E-state index is 0.239. The predicted molar refractivity (Wildman–Crippen MR) is 104 cm³/mol. The second-order valence-electron chi connectivity index (χ2n) is 5.29. The van der Waals surface area contributed by atoms with Gasteiger partial charge in [0.05, 0.1) is 30.8 Å². The number of hydrogen-bond donors (Lipinski definition) is 2. The van der Waals surface area contributed by atoms with Gasteiger partial charge in [0.2, 0.25) is 0 Å². The first kappa shape index (κ1) is 18.3. The third-order valence-electron chi connectivity index (χ3n) is 3.76. The topological polar surface area (TPSA) is 31.6 Å². The fraction of sp³-hybridized carbons (Fsp3) is 0. The highest BCUT2D eigenvalue weighted by molar-refractivity contribution is 9.10. The van der Waals surface area contributed by atoms with Crippen molar-refractivity contribution in [1.29, 1.82) is 0 Å². The molecule has 4 aromatic rings. The molecule has 0 spiro atoms. The zero-order valence-corrected chi connectivity index (χ0v) is 17.2. The molecule has 134 valence electrons. The molecule has 0 atom stereocenters. The molecule has 0 fully saturated rings. The third kappa shape index (κ3) is 2.87. The van der Waals surface area contributed by atoms with E-state index in [9.17, 15) is 17.6 Å². The molecule has 2 nitrogen and oxygen atoms in total. The SMILES string of the molecule is Fc1cc2[nH]cc(SSc3c[nH]c4cc(F)c(Br)c(F)c34)c2c(F)c1Br. The summed E-state index contributed by atoms with van der Waals surface area (Å²) in [5.74, 6) is -2.82. The van der Waals surface area contributed by atoms with Crippen LogP contribution in [0, 0.1) is 23.3 Å². The zero-order chi connectivity index (χ0) is 18.6. The summed E-state index contributed by atoms with van der Waals surface area (Å²) in [6, 6.07) is 2.39. The molecule has 0 radical (unpaired) electrons. The molecule has 0 aliphatic heterocycles. The van der Waals surface area contributed by atoms with Gasteiger partial charge in [0.15, 0.2) is 11.6 Å². The maximum Gasteiger partial charge on any atom is 0.150 e. The van der Waals surface area contributed by atoms with E-state index in [1.165, 1.54) is 33.7 Å². The van der Waals surface area contributed by atoms with E-state index < -0.39 is 23.3 Å². The van der Waals surface area contributed by atoms with Gasteiger partial charge in [0.25, 0.3) is 0 Å². The first-order valence-electron chi connectivity index (χ1n) is 7.02. The Labute approximate surface area is 168 Å².